The Morgan fingerprint density at radius 3 is 2.33 bits per heavy atom. The van der Waals surface area contributed by atoms with Crippen LogP contribution in [0.5, 0.6) is 0 Å². The number of carbonyl (C=O) groups excluding carboxylic acids is 1. The minimum absolute atomic E-state index is 0.00125. The molecule has 0 aromatic carbocycles. The SMILES string of the molecule is CN(CC1CCC1)C(=O)[C@@H]1CC=CC[C@@H]1C(=O)O. The zero-order valence-corrected chi connectivity index (χ0v) is 10.8. The molecule has 100 valence electrons. The highest BCUT2D eigenvalue weighted by Crippen LogP contribution is 2.30. The van der Waals surface area contributed by atoms with Gasteiger partial charge in [0.25, 0.3) is 0 Å². The van der Waals surface area contributed by atoms with Crippen LogP contribution in [0.4, 0.5) is 0 Å². The van der Waals surface area contributed by atoms with Crippen molar-refractivity contribution in [2.75, 3.05) is 13.6 Å². The quantitative estimate of drug-likeness (QED) is 0.776. The molecular formula is C14H21NO3. The van der Waals surface area contributed by atoms with Gasteiger partial charge in [-0.25, -0.2) is 0 Å². The number of hydrogen-bond donors (Lipinski definition) is 1. The van der Waals surface area contributed by atoms with Gasteiger partial charge in [-0.05, 0) is 31.6 Å². The number of carboxylic acid groups (broad SMARTS) is 1. The van der Waals surface area contributed by atoms with Gasteiger partial charge in [0.05, 0.1) is 11.8 Å². The van der Waals surface area contributed by atoms with E-state index in [0.717, 1.165) is 6.54 Å². The molecular weight excluding hydrogens is 230 g/mol. The zero-order chi connectivity index (χ0) is 13.1. The molecule has 4 heteroatoms. The van der Waals surface area contributed by atoms with Gasteiger partial charge in [-0.3, -0.25) is 9.59 Å². The topological polar surface area (TPSA) is 57.6 Å². The fraction of sp³-hybridized carbons (Fsp3) is 0.714. The van der Waals surface area contributed by atoms with Crippen molar-refractivity contribution in [2.45, 2.75) is 32.1 Å². The molecule has 0 radical (unpaired) electrons. The van der Waals surface area contributed by atoms with Crippen LogP contribution in [0.15, 0.2) is 12.2 Å². The van der Waals surface area contributed by atoms with E-state index in [1.807, 2.05) is 12.2 Å². The zero-order valence-electron chi connectivity index (χ0n) is 10.8. The number of aliphatic carboxylic acids is 1. The number of nitrogens with zero attached hydrogens (tertiary/aromatic N) is 1. The summed E-state index contributed by atoms with van der Waals surface area (Å²) in [6.07, 6.45) is 8.49. The Bertz CT molecular complexity index is 360. The largest absolute Gasteiger partial charge is 0.481 e. The van der Waals surface area contributed by atoms with E-state index >= 15 is 0 Å². The lowest BCUT2D eigenvalue weighted by Gasteiger charge is -2.33. The van der Waals surface area contributed by atoms with Crippen LogP contribution in [-0.4, -0.2) is 35.5 Å². The lowest BCUT2D eigenvalue weighted by Crippen LogP contribution is -2.42. The second-order valence-corrected chi connectivity index (χ2v) is 5.51. The number of carbonyl (C=O) groups is 2. The van der Waals surface area contributed by atoms with E-state index in [4.69, 9.17) is 0 Å². The first-order chi connectivity index (χ1) is 8.59. The molecule has 2 rings (SSSR count). The molecule has 0 aliphatic heterocycles. The van der Waals surface area contributed by atoms with Gasteiger partial charge in [-0.15, -0.1) is 0 Å². The molecule has 1 amide bonds. The summed E-state index contributed by atoms with van der Waals surface area (Å²) in [6, 6.07) is 0. The van der Waals surface area contributed by atoms with E-state index in [2.05, 4.69) is 0 Å². The van der Waals surface area contributed by atoms with Crippen molar-refractivity contribution in [3.63, 3.8) is 0 Å². The smallest absolute Gasteiger partial charge is 0.307 e. The normalized spacial score (nSPS) is 27.6. The Kier molecular flexibility index (Phi) is 4.04. The Labute approximate surface area is 108 Å². The summed E-state index contributed by atoms with van der Waals surface area (Å²) in [5.41, 5.74) is 0. The number of amides is 1. The van der Waals surface area contributed by atoms with E-state index in [9.17, 15) is 14.7 Å². The lowest BCUT2D eigenvalue weighted by atomic mass is 9.81. The van der Waals surface area contributed by atoms with Gasteiger partial charge in [0.1, 0.15) is 0 Å². The molecule has 0 saturated heterocycles. The molecule has 4 nitrogen and oxygen atoms in total. The molecule has 18 heavy (non-hydrogen) atoms. The molecule has 1 saturated carbocycles. The van der Waals surface area contributed by atoms with Crippen molar-refractivity contribution >= 4 is 11.9 Å². The summed E-state index contributed by atoms with van der Waals surface area (Å²) < 4.78 is 0. The van der Waals surface area contributed by atoms with Gasteiger partial charge in [-0.1, -0.05) is 18.6 Å². The highest BCUT2D eigenvalue weighted by Gasteiger charge is 2.36. The Morgan fingerprint density at radius 2 is 1.83 bits per heavy atom. The number of hydrogen-bond acceptors (Lipinski definition) is 2. The highest BCUT2D eigenvalue weighted by atomic mass is 16.4. The molecule has 0 heterocycles. The average Bonchev–Trinajstić information content (AvgIpc) is 2.32. The third-order valence-electron chi connectivity index (χ3n) is 4.20. The van der Waals surface area contributed by atoms with Gasteiger partial charge in [0.2, 0.25) is 5.91 Å². The van der Waals surface area contributed by atoms with Crippen LogP contribution < -0.4 is 0 Å². The molecule has 0 aromatic heterocycles. The second-order valence-electron chi connectivity index (χ2n) is 5.51. The van der Waals surface area contributed by atoms with E-state index in [1.54, 1.807) is 11.9 Å². The van der Waals surface area contributed by atoms with Crippen LogP contribution in [-0.2, 0) is 9.59 Å². The van der Waals surface area contributed by atoms with E-state index in [-0.39, 0.29) is 11.8 Å². The third-order valence-corrected chi connectivity index (χ3v) is 4.20. The third kappa shape index (κ3) is 2.74. The maximum Gasteiger partial charge on any atom is 0.307 e. The maximum absolute atomic E-state index is 12.3. The summed E-state index contributed by atoms with van der Waals surface area (Å²) in [5.74, 6) is -1.15. The first-order valence-electron chi connectivity index (χ1n) is 6.72. The fourth-order valence-electron chi connectivity index (χ4n) is 2.80. The van der Waals surface area contributed by atoms with Gasteiger partial charge in [0, 0.05) is 13.6 Å². The standard InChI is InChI=1S/C14H21NO3/c1-15(9-10-5-4-6-10)13(16)11-7-2-3-8-12(11)14(17)18/h2-3,10-12H,4-9H2,1H3,(H,17,18)/t11-,12+/m1/s1. The van der Waals surface area contributed by atoms with Crippen molar-refractivity contribution in [1.82, 2.24) is 4.90 Å². The molecule has 2 atom stereocenters. The average molecular weight is 251 g/mol. The molecule has 0 bridgehead atoms. The van der Waals surface area contributed by atoms with Crippen molar-refractivity contribution in [3.05, 3.63) is 12.2 Å². The van der Waals surface area contributed by atoms with Crippen LogP contribution in [0, 0.1) is 17.8 Å². The van der Waals surface area contributed by atoms with E-state index < -0.39 is 11.9 Å². The molecule has 0 aromatic rings. The van der Waals surface area contributed by atoms with Crippen molar-refractivity contribution in [2.24, 2.45) is 17.8 Å². The highest BCUT2D eigenvalue weighted by molar-refractivity contribution is 5.85. The Balaban J connectivity index is 1.96. The van der Waals surface area contributed by atoms with Crippen molar-refractivity contribution in [1.29, 1.82) is 0 Å². The summed E-state index contributed by atoms with van der Waals surface area (Å²) in [6.45, 7) is 0.783. The predicted octanol–water partition coefficient (Wildman–Crippen LogP) is 1.91. The van der Waals surface area contributed by atoms with Crippen molar-refractivity contribution in [3.8, 4) is 0 Å². The molecule has 2 aliphatic carbocycles. The molecule has 0 spiro atoms. The summed E-state index contributed by atoms with van der Waals surface area (Å²) >= 11 is 0. The maximum atomic E-state index is 12.3. The predicted molar refractivity (Wildman–Crippen MR) is 68.0 cm³/mol. The van der Waals surface area contributed by atoms with E-state index in [1.165, 1.54) is 19.3 Å². The van der Waals surface area contributed by atoms with Gasteiger partial charge >= 0.3 is 5.97 Å². The first-order valence-corrected chi connectivity index (χ1v) is 6.72. The Morgan fingerprint density at radius 1 is 1.22 bits per heavy atom. The second kappa shape index (κ2) is 5.55. The van der Waals surface area contributed by atoms with Gasteiger partial charge in [-0.2, -0.15) is 0 Å². The van der Waals surface area contributed by atoms with Crippen LogP contribution in [0.1, 0.15) is 32.1 Å². The van der Waals surface area contributed by atoms with Crippen LogP contribution in [0.25, 0.3) is 0 Å². The molecule has 1 fully saturated rings. The van der Waals surface area contributed by atoms with E-state index in [0.29, 0.717) is 18.8 Å². The first kappa shape index (κ1) is 13.1. The Hall–Kier alpha value is -1.32. The minimum atomic E-state index is -0.852. The van der Waals surface area contributed by atoms with Gasteiger partial charge in [0.15, 0.2) is 0 Å². The number of carboxylic acids is 1. The monoisotopic (exact) mass is 251 g/mol. The van der Waals surface area contributed by atoms with Crippen LogP contribution in [0.2, 0.25) is 0 Å². The van der Waals surface area contributed by atoms with Gasteiger partial charge < -0.3 is 10.0 Å². The van der Waals surface area contributed by atoms with Crippen LogP contribution in [0.3, 0.4) is 0 Å². The summed E-state index contributed by atoms with van der Waals surface area (Å²) in [4.78, 5) is 25.2. The minimum Gasteiger partial charge on any atom is -0.481 e. The lowest BCUT2D eigenvalue weighted by molar-refractivity contribution is -0.150. The van der Waals surface area contributed by atoms with Crippen LogP contribution >= 0.6 is 0 Å². The summed E-state index contributed by atoms with van der Waals surface area (Å²) in [5, 5.41) is 9.17. The fourth-order valence-corrected chi connectivity index (χ4v) is 2.80. The summed E-state index contributed by atoms with van der Waals surface area (Å²) in [7, 11) is 1.80. The number of allylic oxidation sites excluding steroid dienone is 2. The number of rotatable bonds is 4. The molecule has 0 unspecified atom stereocenters. The molecule has 2 aliphatic rings. The molecule has 1 N–H and O–H groups in total. The van der Waals surface area contributed by atoms with Crippen molar-refractivity contribution < 1.29 is 14.7 Å².